The predicted octanol–water partition coefficient (Wildman–Crippen LogP) is 6.33. The SMILES string of the molecule is CCOc1ccc(N2C(=O)C(O)=C(C(=O)c3cc4cccc(OC)c4o3)C2c2cccc(C)c2)cc1OCC. The summed E-state index contributed by atoms with van der Waals surface area (Å²) in [5.41, 5.74) is 2.38. The van der Waals surface area contributed by atoms with E-state index in [1.54, 1.807) is 42.5 Å². The molecule has 8 heteroatoms. The number of aliphatic hydroxyl groups excluding tert-OH is 1. The molecule has 0 saturated carbocycles. The molecule has 5 rings (SSSR count). The van der Waals surface area contributed by atoms with Crippen molar-refractivity contribution in [1.29, 1.82) is 0 Å². The monoisotopic (exact) mass is 527 g/mol. The summed E-state index contributed by atoms with van der Waals surface area (Å²) in [7, 11) is 1.52. The Morgan fingerprint density at radius 2 is 1.69 bits per heavy atom. The van der Waals surface area contributed by atoms with Gasteiger partial charge < -0.3 is 23.7 Å². The van der Waals surface area contributed by atoms with E-state index in [0.29, 0.717) is 52.7 Å². The van der Waals surface area contributed by atoms with E-state index in [1.165, 1.54) is 12.0 Å². The number of para-hydroxylation sites is 1. The lowest BCUT2D eigenvalue weighted by Gasteiger charge is -2.27. The van der Waals surface area contributed by atoms with Gasteiger partial charge >= 0.3 is 0 Å². The van der Waals surface area contributed by atoms with Gasteiger partial charge in [0.25, 0.3) is 5.91 Å². The molecule has 3 aromatic carbocycles. The second kappa shape index (κ2) is 10.6. The average molecular weight is 528 g/mol. The Labute approximate surface area is 226 Å². The molecule has 0 spiro atoms. The maximum absolute atomic E-state index is 14.0. The van der Waals surface area contributed by atoms with Gasteiger partial charge in [0, 0.05) is 17.1 Å². The van der Waals surface area contributed by atoms with Crippen molar-refractivity contribution < 1.29 is 33.3 Å². The number of aliphatic hydroxyl groups is 1. The summed E-state index contributed by atoms with van der Waals surface area (Å²) in [5.74, 6) is -0.477. The smallest absolute Gasteiger partial charge is 0.294 e. The van der Waals surface area contributed by atoms with Gasteiger partial charge in [0.15, 0.2) is 34.4 Å². The van der Waals surface area contributed by atoms with E-state index in [2.05, 4.69) is 0 Å². The van der Waals surface area contributed by atoms with Gasteiger partial charge in [-0.15, -0.1) is 0 Å². The Bertz CT molecular complexity index is 1600. The summed E-state index contributed by atoms with van der Waals surface area (Å²) in [4.78, 5) is 29.0. The van der Waals surface area contributed by atoms with Crippen molar-refractivity contribution in [3.05, 3.63) is 94.9 Å². The third-order valence-corrected chi connectivity index (χ3v) is 6.57. The van der Waals surface area contributed by atoms with Crippen molar-refractivity contribution in [2.75, 3.05) is 25.2 Å². The molecule has 1 aliphatic heterocycles. The Balaban J connectivity index is 1.65. The van der Waals surface area contributed by atoms with E-state index < -0.39 is 23.5 Å². The Kier molecular flexibility index (Phi) is 7.02. The molecule has 200 valence electrons. The molecule has 0 radical (unpaired) electrons. The molecule has 1 N–H and O–H groups in total. The number of Topliss-reactive ketones (excluding diaryl/α,β-unsaturated/α-hetero) is 1. The number of aryl methyl sites for hydroxylation is 1. The van der Waals surface area contributed by atoms with E-state index in [-0.39, 0.29) is 11.3 Å². The first-order valence-electron chi connectivity index (χ1n) is 12.7. The van der Waals surface area contributed by atoms with Crippen molar-refractivity contribution in [2.45, 2.75) is 26.8 Å². The minimum absolute atomic E-state index is 0.00921. The van der Waals surface area contributed by atoms with Gasteiger partial charge in [-0.3, -0.25) is 14.5 Å². The minimum Gasteiger partial charge on any atom is -0.503 e. The molecular formula is C31H29NO7. The number of fused-ring (bicyclic) bond motifs is 1. The van der Waals surface area contributed by atoms with Crippen LogP contribution in [0.5, 0.6) is 17.2 Å². The fourth-order valence-electron chi connectivity index (χ4n) is 4.89. The molecular weight excluding hydrogens is 498 g/mol. The Morgan fingerprint density at radius 1 is 0.949 bits per heavy atom. The molecule has 1 amide bonds. The molecule has 4 aromatic rings. The first-order valence-corrected chi connectivity index (χ1v) is 12.7. The Morgan fingerprint density at radius 3 is 2.41 bits per heavy atom. The van der Waals surface area contributed by atoms with Gasteiger partial charge in [-0.05, 0) is 50.6 Å². The lowest BCUT2D eigenvalue weighted by molar-refractivity contribution is -0.117. The molecule has 1 aromatic heterocycles. The van der Waals surface area contributed by atoms with Gasteiger partial charge in [-0.2, -0.15) is 0 Å². The van der Waals surface area contributed by atoms with E-state index in [9.17, 15) is 14.7 Å². The van der Waals surface area contributed by atoms with Crippen LogP contribution in [0, 0.1) is 6.92 Å². The summed E-state index contributed by atoms with van der Waals surface area (Å²) in [6.45, 7) is 6.48. The summed E-state index contributed by atoms with van der Waals surface area (Å²) >= 11 is 0. The number of hydrogen-bond acceptors (Lipinski definition) is 7. The molecule has 0 saturated heterocycles. The number of rotatable bonds is 9. The number of amides is 1. The highest BCUT2D eigenvalue weighted by Crippen LogP contribution is 2.44. The van der Waals surface area contributed by atoms with Gasteiger partial charge in [0.1, 0.15) is 0 Å². The third-order valence-electron chi connectivity index (χ3n) is 6.57. The van der Waals surface area contributed by atoms with E-state index in [1.807, 2.05) is 45.0 Å². The van der Waals surface area contributed by atoms with Crippen molar-refractivity contribution in [1.82, 2.24) is 0 Å². The average Bonchev–Trinajstić information content (AvgIpc) is 3.49. The highest BCUT2D eigenvalue weighted by Gasteiger charge is 2.45. The van der Waals surface area contributed by atoms with Gasteiger partial charge in [0.05, 0.1) is 31.9 Å². The van der Waals surface area contributed by atoms with Gasteiger partial charge in [0.2, 0.25) is 5.78 Å². The number of ketones is 1. The van der Waals surface area contributed by atoms with Gasteiger partial charge in [-0.25, -0.2) is 0 Å². The van der Waals surface area contributed by atoms with Crippen LogP contribution in [0.15, 0.2) is 82.5 Å². The number of carbonyl (C=O) groups excluding carboxylic acids is 2. The highest BCUT2D eigenvalue weighted by atomic mass is 16.5. The minimum atomic E-state index is -0.910. The van der Waals surface area contributed by atoms with Crippen LogP contribution in [-0.4, -0.2) is 37.1 Å². The maximum Gasteiger partial charge on any atom is 0.294 e. The number of anilines is 1. The summed E-state index contributed by atoms with van der Waals surface area (Å²) in [6, 6.07) is 18.6. The van der Waals surface area contributed by atoms with Crippen LogP contribution in [-0.2, 0) is 4.79 Å². The molecule has 0 bridgehead atoms. The fraction of sp³-hybridized carbons (Fsp3) is 0.226. The van der Waals surface area contributed by atoms with E-state index in [4.69, 9.17) is 18.6 Å². The maximum atomic E-state index is 14.0. The predicted molar refractivity (Wildman–Crippen MR) is 147 cm³/mol. The Hall–Kier alpha value is -4.72. The number of furan rings is 1. The topological polar surface area (TPSA) is 98.4 Å². The molecule has 1 atom stereocenters. The van der Waals surface area contributed by atoms with Crippen LogP contribution >= 0.6 is 0 Å². The number of ether oxygens (including phenoxy) is 3. The summed E-state index contributed by atoms with van der Waals surface area (Å²) in [6.07, 6.45) is 0. The van der Waals surface area contributed by atoms with E-state index >= 15 is 0 Å². The quantitative estimate of drug-likeness (QED) is 0.254. The number of benzene rings is 3. The van der Waals surface area contributed by atoms with Crippen molar-refractivity contribution >= 4 is 28.3 Å². The number of nitrogens with zero attached hydrogens (tertiary/aromatic N) is 1. The van der Waals surface area contributed by atoms with Crippen molar-refractivity contribution in [3.63, 3.8) is 0 Å². The second-order valence-electron chi connectivity index (χ2n) is 9.07. The zero-order valence-corrected chi connectivity index (χ0v) is 22.2. The lowest BCUT2D eigenvalue weighted by Crippen LogP contribution is -2.31. The normalized spacial score (nSPS) is 15.2. The van der Waals surface area contributed by atoms with Crippen LogP contribution in [0.2, 0.25) is 0 Å². The van der Waals surface area contributed by atoms with E-state index in [0.717, 1.165) is 5.56 Å². The molecule has 0 fully saturated rings. The second-order valence-corrected chi connectivity index (χ2v) is 9.07. The molecule has 2 heterocycles. The first-order chi connectivity index (χ1) is 18.9. The summed E-state index contributed by atoms with van der Waals surface area (Å²) < 4.78 is 22.7. The highest BCUT2D eigenvalue weighted by molar-refractivity contribution is 6.20. The standard InChI is InChI=1S/C31H29NO7/c1-5-37-22-14-13-21(17-24(22)38-6-2)32-27(19-10-7-9-18(3)15-19)26(29(34)31(32)35)28(33)25-16-20-11-8-12-23(36-4)30(20)39-25/h7-17,27,34H,5-6H2,1-4H3. The third kappa shape index (κ3) is 4.58. The molecule has 39 heavy (non-hydrogen) atoms. The van der Waals surface area contributed by atoms with Crippen molar-refractivity contribution in [2.24, 2.45) is 0 Å². The largest absolute Gasteiger partial charge is 0.503 e. The molecule has 0 aliphatic carbocycles. The van der Waals surface area contributed by atoms with Crippen LogP contribution < -0.4 is 19.1 Å². The number of hydrogen-bond donors (Lipinski definition) is 1. The first kappa shape index (κ1) is 25.9. The zero-order chi connectivity index (χ0) is 27.7. The molecule has 1 unspecified atom stereocenters. The zero-order valence-electron chi connectivity index (χ0n) is 22.2. The lowest BCUT2D eigenvalue weighted by atomic mass is 9.93. The van der Waals surface area contributed by atoms with Crippen LogP contribution in [0.25, 0.3) is 11.0 Å². The van der Waals surface area contributed by atoms with Crippen molar-refractivity contribution in [3.8, 4) is 17.2 Å². The van der Waals surface area contributed by atoms with Crippen LogP contribution in [0.4, 0.5) is 5.69 Å². The molecule has 8 nitrogen and oxygen atoms in total. The molecule has 1 aliphatic rings. The number of methoxy groups -OCH3 is 1. The van der Waals surface area contributed by atoms with Crippen LogP contribution in [0.3, 0.4) is 0 Å². The van der Waals surface area contributed by atoms with Gasteiger partial charge in [-0.1, -0.05) is 42.0 Å². The summed E-state index contributed by atoms with van der Waals surface area (Å²) in [5, 5.41) is 11.8. The number of carbonyl (C=O) groups is 2. The van der Waals surface area contributed by atoms with Crippen LogP contribution in [0.1, 0.15) is 41.6 Å². The fourth-order valence-corrected chi connectivity index (χ4v) is 4.89.